The Bertz CT molecular complexity index is 268. The molecule has 0 spiro atoms. The molecule has 0 aromatic heterocycles. The second-order valence-electron chi connectivity index (χ2n) is 2.29. The molecule has 1 rings (SSSR count). The van der Waals surface area contributed by atoms with Gasteiger partial charge < -0.3 is 0 Å². The van der Waals surface area contributed by atoms with Crippen LogP contribution in [0.15, 0.2) is 0 Å². The molecule has 0 aromatic carbocycles. The van der Waals surface area contributed by atoms with Crippen molar-refractivity contribution in [2.45, 2.75) is 8.61 Å². The van der Waals surface area contributed by atoms with E-state index in [1.54, 1.807) is 0 Å². The summed E-state index contributed by atoms with van der Waals surface area (Å²) in [6.07, 6.45) is 0.752. The van der Waals surface area contributed by atoms with Crippen molar-refractivity contribution in [1.82, 2.24) is 0 Å². The molecule has 0 aromatic rings. The standard InChI is InChI=1S/C4H4I4O2S/c5-3(6)1-2-11(9,10)4(3,7)8/h1-2H2. The highest BCUT2D eigenvalue weighted by molar-refractivity contribution is 14.2. The second-order valence-corrected chi connectivity index (χ2v) is 17.1. The van der Waals surface area contributed by atoms with E-state index in [1.165, 1.54) is 0 Å². The molecule has 1 aliphatic heterocycles. The molecular formula is C4H4I4O2S. The summed E-state index contributed by atoms with van der Waals surface area (Å²) < 4.78 is 22.2. The van der Waals surface area contributed by atoms with Crippen molar-refractivity contribution in [3.05, 3.63) is 0 Å². The fourth-order valence-electron chi connectivity index (χ4n) is 0.764. The van der Waals surface area contributed by atoms with E-state index in [2.05, 4.69) is 45.2 Å². The third kappa shape index (κ3) is 1.96. The number of rotatable bonds is 0. The van der Waals surface area contributed by atoms with Gasteiger partial charge in [-0.1, -0.05) is 45.2 Å². The first kappa shape index (κ1) is 11.9. The lowest BCUT2D eigenvalue weighted by atomic mass is 10.4. The fraction of sp³-hybridized carbons (Fsp3) is 1.00. The molecule has 0 saturated carbocycles. The van der Waals surface area contributed by atoms with E-state index in [0.717, 1.165) is 6.42 Å². The Balaban J connectivity index is 3.21. The lowest BCUT2D eigenvalue weighted by Gasteiger charge is -2.24. The lowest BCUT2D eigenvalue weighted by Crippen LogP contribution is -2.32. The third-order valence-corrected chi connectivity index (χ3v) is 16.8. The number of sulfone groups is 1. The van der Waals surface area contributed by atoms with Crippen LogP contribution in [0, 0.1) is 0 Å². The first-order valence-electron chi connectivity index (χ1n) is 2.69. The van der Waals surface area contributed by atoms with Crippen LogP contribution >= 0.6 is 90.4 Å². The van der Waals surface area contributed by atoms with Gasteiger partial charge in [0.05, 0.1) is 5.75 Å². The summed E-state index contributed by atoms with van der Waals surface area (Å²) in [6, 6.07) is 0. The summed E-state index contributed by atoms with van der Waals surface area (Å²) in [5, 5.41) is 0. The maximum absolute atomic E-state index is 11.5. The molecule has 66 valence electrons. The Kier molecular flexibility index (Phi) is 3.76. The molecule has 7 heteroatoms. The first-order chi connectivity index (χ1) is 4.71. The van der Waals surface area contributed by atoms with Crippen molar-refractivity contribution in [1.29, 1.82) is 0 Å². The van der Waals surface area contributed by atoms with Crippen LogP contribution in [0.3, 0.4) is 0 Å². The van der Waals surface area contributed by atoms with Gasteiger partial charge in [-0.2, -0.15) is 0 Å². The van der Waals surface area contributed by atoms with E-state index >= 15 is 0 Å². The van der Waals surface area contributed by atoms with E-state index < -0.39 is 10.6 Å². The summed E-state index contributed by atoms with van der Waals surface area (Å²) in [5.41, 5.74) is 0. The van der Waals surface area contributed by atoms with Crippen LogP contribution < -0.4 is 0 Å². The minimum Gasteiger partial charge on any atom is -0.227 e. The number of halogens is 4. The summed E-state index contributed by atoms with van der Waals surface area (Å²) >= 11 is 8.52. The Morgan fingerprint density at radius 2 is 1.55 bits per heavy atom. The van der Waals surface area contributed by atoms with E-state index in [1.807, 2.05) is 45.2 Å². The van der Waals surface area contributed by atoms with Gasteiger partial charge in [-0.05, 0) is 51.6 Å². The normalized spacial score (nSPS) is 32.0. The molecule has 2 nitrogen and oxygen atoms in total. The van der Waals surface area contributed by atoms with Gasteiger partial charge in [-0.3, -0.25) is 0 Å². The average Bonchev–Trinajstić information content (AvgIpc) is 1.93. The van der Waals surface area contributed by atoms with E-state index in [9.17, 15) is 8.42 Å². The molecule has 1 heterocycles. The van der Waals surface area contributed by atoms with Gasteiger partial charge in [0.2, 0.25) is 0 Å². The quantitative estimate of drug-likeness (QED) is 0.308. The zero-order valence-corrected chi connectivity index (χ0v) is 14.6. The SMILES string of the molecule is O=S1(=O)CCC(I)(I)C1(I)I. The zero-order valence-electron chi connectivity index (χ0n) is 5.15. The lowest BCUT2D eigenvalue weighted by molar-refractivity contribution is 0.600. The molecule has 1 fully saturated rings. The highest BCUT2D eigenvalue weighted by atomic mass is 127. The van der Waals surface area contributed by atoms with Crippen molar-refractivity contribution in [2.75, 3.05) is 5.75 Å². The van der Waals surface area contributed by atoms with Gasteiger partial charge in [-0.15, -0.1) is 0 Å². The summed E-state index contributed by atoms with van der Waals surface area (Å²) in [5.74, 6) is 0.324. The molecule has 0 radical (unpaired) electrons. The van der Waals surface area contributed by atoms with Gasteiger partial charge in [0.25, 0.3) is 0 Å². The van der Waals surface area contributed by atoms with Gasteiger partial charge in [0.15, 0.2) is 10.6 Å². The van der Waals surface area contributed by atoms with Crippen molar-refractivity contribution in [2.24, 2.45) is 0 Å². The van der Waals surface area contributed by atoms with Crippen LogP contribution in [-0.2, 0) is 9.84 Å². The predicted octanol–water partition coefficient (Wildman–Crippen LogP) is 2.90. The summed E-state index contributed by atoms with van der Waals surface area (Å²) in [7, 11) is -2.87. The monoisotopic (exact) mass is 624 g/mol. The van der Waals surface area contributed by atoms with Gasteiger partial charge in [0.1, 0.15) is 1.43 Å². The maximum atomic E-state index is 11.5. The van der Waals surface area contributed by atoms with Crippen molar-refractivity contribution < 1.29 is 8.42 Å². The second kappa shape index (κ2) is 3.47. The van der Waals surface area contributed by atoms with Gasteiger partial charge in [0, 0.05) is 0 Å². The molecule has 0 atom stereocenters. The Morgan fingerprint density at radius 1 is 1.09 bits per heavy atom. The predicted molar refractivity (Wildman–Crippen MR) is 79.9 cm³/mol. The summed E-state index contributed by atoms with van der Waals surface area (Å²) in [4.78, 5) is 0. The number of hydrogen-bond donors (Lipinski definition) is 0. The summed E-state index contributed by atoms with van der Waals surface area (Å²) in [6.45, 7) is 0. The largest absolute Gasteiger partial charge is 0.227 e. The van der Waals surface area contributed by atoms with Crippen molar-refractivity contribution >= 4 is 100 Å². The molecule has 0 unspecified atom stereocenters. The average molecular weight is 624 g/mol. The molecule has 0 aliphatic carbocycles. The zero-order chi connectivity index (χ0) is 8.91. The molecule has 1 saturated heterocycles. The van der Waals surface area contributed by atoms with Crippen LogP contribution in [0.2, 0.25) is 0 Å². The molecule has 11 heavy (non-hydrogen) atoms. The molecular weight excluding hydrogens is 620 g/mol. The van der Waals surface area contributed by atoms with Crippen molar-refractivity contribution in [3.8, 4) is 0 Å². The Labute approximate surface area is 121 Å². The minimum atomic E-state index is -2.87. The maximum Gasteiger partial charge on any atom is 0.197 e. The Morgan fingerprint density at radius 3 is 1.64 bits per heavy atom. The van der Waals surface area contributed by atoms with Crippen LogP contribution in [0.5, 0.6) is 0 Å². The van der Waals surface area contributed by atoms with E-state index in [0.29, 0.717) is 5.75 Å². The fourth-order valence-corrected chi connectivity index (χ4v) is 7.30. The van der Waals surface area contributed by atoms with Crippen LogP contribution in [0.1, 0.15) is 6.42 Å². The molecule has 0 amide bonds. The highest BCUT2D eigenvalue weighted by Gasteiger charge is 2.59. The number of hydrogen-bond acceptors (Lipinski definition) is 2. The minimum absolute atomic E-state index is 0.150. The topological polar surface area (TPSA) is 34.1 Å². The first-order valence-corrected chi connectivity index (χ1v) is 8.65. The van der Waals surface area contributed by atoms with E-state index in [4.69, 9.17) is 0 Å². The molecule has 1 aliphatic rings. The van der Waals surface area contributed by atoms with Gasteiger partial charge in [-0.25, -0.2) is 8.42 Å². The molecule has 0 N–H and O–H groups in total. The van der Waals surface area contributed by atoms with Crippen LogP contribution in [0.4, 0.5) is 0 Å². The van der Waals surface area contributed by atoms with E-state index in [-0.39, 0.29) is 1.43 Å². The third-order valence-electron chi connectivity index (χ3n) is 1.50. The highest BCUT2D eigenvalue weighted by Crippen LogP contribution is 2.59. The van der Waals surface area contributed by atoms with Gasteiger partial charge >= 0.3 is 0 Å². The van der Waals surface area contributed by atoms with Crippen molar-refractivity contribution in [3.63, 3.8) is 0 Å². The number of alkyl halides is 4. The molecule has 0 bridgehead atoms. The van der Waals surface area contributed by atoms with Crippen LogP contribution in [0.25, 0.3) is 0 Å². The Hall–Kier alpha value is 2.87. The smallest absolute Gasteiger partial charge is 0.197 e. The van der Waals surface area contributed by atoms with Crippen LogP contribution in [-0.4, -0.2) is 16.4 Å².